The van der Waals surface area contributed by atoms with Crippen LogP contribution in [0.1, 0.15) is 12.0 Å². The second-order valence-electron chi connectivity index (χ2n) is 3.80. The molecule has 0 aliphatic carbocycles. The molecule has 0 amide bonds. The minimum absolute atomic E-state index is 0. The molecule has 84 valence electrons. The Labute approximate surface area is 105 Å². The zero-order valence-corrected chi connectivity index (χ0v) is 10.8. The molecule has 1 unspecified atom stereocenters. The zero-order valence-electron chi connectivity index (χ0n) is 8.40. The molecule has 0 saturated carbocycles. The molecular formula is C10H15BrClN3. The molecule has 0 bridgehead atoms. The highest BCUT2D eigenvalue weighted by molar-refractivity contribution is 9.10. The Bertz CT molecular complexity index is 321. The fraction of sp³-hybridized carbons (Fsp3) is 0.500. The highest BCUT2D eigenvalue weighted by atomic mass is 79.9. The Hall–Kier alpha value is -0.160. The Morgan fingerprint density at radius 2 is 2.33 bits per heavy atom. The number of nitrogens with two attached hydrogens (primary N) is 1. The molecule has 5 heteroatoms. The third-order valence-corrected chi connectivity index (χ3v) is 2.91. The highest BCUT2D eigenvalue weighted by Crippen LogP contribution is 2.14. The van der Waals surface area contributed by atoms with Crippen LogP contribution in [0.2, 0.25) is 0 Å². The van der Waals surface area contributed by atoms with Crippen LogP contribution >= 0.6 is 28.3 Å². The summed E-state index contributed by atoms with van der Waals surface area (Å²) in [6, 6.07) is 2.46. The van der Waals surface area contributed by atoms with E-state index in [4.69, 9.17) is 5.73 Å². The lowest BCUT2D eigenvalue weighted by atomic mass is 10.3. The second-order valence-corrected chi connectivity index (χ2v) is 4.71. The standard InChI is InChI=1S/C10H14BrN3.ClH/c11-9-3-8(4-13-5-9)6-14-2-1-10(12)7-14;/h3-5,10H,1-2,6-7,12H2;1H. The van der Waals surface area contributed by atoms with E-state index in [9.17, 15) is 0 Å². The van der Waals surface area contributed by atoms with Gasteiger partial charge in [0.25, 0.3) is 0 Å². The van der Waals surface area contributed by atoms with Gasteiger partial charge >= 0.3 is 0 Å². The van der Waals surface area contributed by atoms with Crippen LogP contribution in [-0.4, -0.2) is 29.0 Å². The SMILES string of the molecule is Cl.NC1CCN(Cc2cncc(Br)c2)C1. The van der Waals surface area contributed by atoms with Crippen molar-refractivity contribution >= 4 is 28.3 Å². The summed E-state index contributed by atoms with van der Waals surface area (Å²) in [6.45, 7) is 3.07. The largest absolute Gasteiger partial charge is 0.326 e. The highest BCUT2D eigenvalue weighted by Gasteiger charge is 2.18. The van der Waals surface area contributed by atoms with Crippen LogP contribution in [0.15, 0.2) is 22.9 Å². The van der Waals surface area contributed by atoms with E-state index in [2.05, 4.69) is 31.9 Å². The van der Waals surface area contributed by atoms with Crippen LogP contribution in [0, 0.1) is 0 Å². The predicted octanol–water partition coefficient (Wildman–Crippen LogP) is 1.80. The summed E-state index contributed by atoms with van der Waals surface area (Å²) in [5.74, 6) is 0. The Balaban J connectivity index is 0.00000112. The molecule has 2 heterocycles. The maximum absolute atomic E-state index is 5.84. The van der Waals surface area contributed by atoms with Crippen molar-refractivity contribution in [3.63, 3.8) is 0 Å². The lowest BCUT2D eigenvalue weighted by Crippen LogP contribution is -2.26. The smallest absolute Gasteiger partial charge is 0.0410 e. The van der Waals surface area contributed by atoms with Gasteiger partial charge in [0.05, 0.1) is 0 Å². The molecule has 0 aromatic carbocycles. The summed E-state index contributed by atoms with van der Waals surface area (Å²) in [7, 11) is 0. The molecule has 1 fully saturated rings. The molecule has 1 aromatic rings. The van der Waals surface area contributed by atoms with Crippen molar-refractivity contribution in [3.05, 3.63) is 28.5 Å². The van der Waals surface area contributed by atoms with Gasteiger partial charge in [-0.1, -0.05) is 0 Å². The van der Waals surface area contributed by atoms with Crippen molar-refractivity contribution in [2.45, 2.75) is 19.0 Å². The number of hydrogen-bond donors (Lipinski definition) is 1. The van der Waals surface area contributed by atoms with E-state index < -0.39 is 0 Å². The molecule has 1 saturated heterocycles. The van der Waals surface area contributed by atoms with Gasteiger partial charge in [0.15, 0.2) is 0 Å². The molecule has 0 spiro atoms. The van der Waals surface area contributed by atoms with E-state index >= 15 is 0 Å². The fourth-order valence-corrected chi connectivity index (χ4v) is 2.22. The van der Waals surface area contributed by atoms with Crippen LogP contribution in [-0.2, 0) is 6.54 Å². The van der Waals surface area contributed by atoms with Crippen molar-refractivity contribution in [2.24, 2.45) is 5.73 Å². The number of pyridine rings is 1. The number of nitrogens with zero attached hydrogens (tertiary/aromatic N) is 2. The second kappa shape index (κ2) is 5.80. The summed E-state index contributed by atoms with van der Waals surface area (Å²) in [4.78, 5) is 6.51. The van der Waals surface area contributed by atoms with Crippen molar-refractivity contribution in [3.8, 4) is 0 Å². The topological polar surface area (TPSA) is 42.1 Å². The molecule has 15 heavy (non-hydrogen) atoms. The maximum atomic E-state index is 5.84. The number of aromatic nitrogens is 1. The van der Waals surface area contributed by atoms with E-state index in [0.717, 1.165) is 30.5 Å². The molecule has 1 aliphatic rings. The summed E-state index contributed by atoms with van der Waals surface area (Å²) >= 11 is 3.42. The fourth-order valence-electron chi connectivity index (χ4n) is 1.81. The van der Waals surface area contributed by atoms with E-state index in [1.807, 2.05) is 6.20 Å². The average Bonchev–Trinajstić information content (AvgIpc) is 2.51. The first-order chi connectivity index (χ1) is 6.74. The minimum atomic E-state index is 0. The van der Waals surface area contributed by atoms with Gasteiger partial charge in [-0.2, -0.15) is 0 Å². The van der Waals surface area contributed by atoms with Crippen LogP contribution in [0.25, 0.3) is 0 Å². The number of rotatable bonds is 2. The zero-order chi connectivity index (χ0) is 9.97. The minimum Gasteiger partial charge on any atom is -0.326 e. The maximum Gasteiger partial charge on any atom is 0.0410 e. The van der Waals surface area contributed by atoms with Gasteiger partial charge in [-0.05, 0) is 34.0 Å². The molecule has 2 rings (SSSR count). The van der Waals surface area contributed by atoms with E-state index in [0.29, 0.717) is 6.04 Å². The third kappa shape index (κ3) is 3.72. The molecule has 1 aromatic heterocycles. The lowest BCUT2D eigenvalue weighted by molar-refractivity contribution is 0.326. The number of hydrogen-bond acceptors (Lipinski definition) is 3. The van der Waals surface area contributed by atoms with Crippen molar-refractivity contribution in [1.29, 1.82) is 0 Å². The summed E-state index contributed by atoms with van der Waals surface area (Å²) in [5, 5.41) is 0. The van der Waals surface area contributed by atoms with E-state index in [-0.39, 0.29) is 12.4 Å². The summed E-state index contributed by atoms with van der Waals surface area (Å²) in [5.41, 5.74) is 7.09. The molecule has 1 atom stereocenters. The van der Waals surface area contributed by atoms with Crippen LogP contribution in [0.5, 0.6) is 0 Å². The van der Waals surface area contributed by atoms with Crippen LogP contribution in [0.4, 0.5) is 0 Å². The van der Waals surface area contributed by atoms with E-state index in [1.165, 1.54) is 5.56 Å². The summed E-state index contributed by atoms with van der Waals surface area (Å²) < 4.78 is 1.04. The van der Waals surface area contributed by atoms with Crippen molar-refractivity contribution in [1.82, 2.24) is 9.88 Å². The number of halogens is 2. The Morgan fingerprint density at radius 3 is 2.93 bits per heavy atom. The van der Waals surface area contributed by atoms with Gasteiger partial charge in [0.1, 0.15) is 0 Å². The normalized spacial score (nSPS) is 21.3. The van der Waals surface area contributed by atoms with Gasteiger partial charge in [-0.3, -0.25) is 9.88 Å². The molecule has 0 radical (unpaired) electrons. The first kappa shape index (κ1) is 12.9. The van der Waals surface area contributed by atoms with Gasteiger partial charge < -0.3 is 5.73 Å². The predicted molar refractivity (Wildman–Crippen MR) is 67.1 cm³/mol. The van der Waals surface area contributed by atoms with Gasteiger partial charge in [0.2, 0.25) is 0 Å². The summed E-state index contributed by atoms with van der Waals surface area (Å²) in [6.07, 6.45) is 4.83. The van der Waals surface area contributed by atoms with Gasteiger partial charge in [0, 0.05) is 42.5 Å². The van der Waals surface area contributed by atoms with Crippen molar-refractivity contribution in [2.75, 3.05) is 13.1 Å². The first-order valence-electron chi connectivity index (χ1n) is 4.81. The van der Waals surface area contributed by atoms with Crippen molar-refractivity contribution < 1.29 is 0 Å². The molecule has 1 aliphatic heterocycles. The third-order valence-electron chi connectivity index (χ3n) is 2.48. The monoisotopic (exact) mass is 291 g/mol. The lowest BCUT2D eigenvalue weighted by Gasteiger charge is -2.14. The number of likely N-dealkylation sites (tertiary alicyclic amines) is 1. The quantitative estimate of drug-likeness (QED) is 0.904. The van der Waals surface area contributed by atoms with Gasteiger partial charge in [-0.15, -0.1) is 12.4 Å². The Kier molecular flexibility index (Phi) is 4.99. The first-order valence-corrected chi connectivity index (χ1v) is 5.61. The molecular weight excluding hydrogens is 277 g/mol. The van der Waals surface area contributed by atoms with Crippen LogP contribution < -0.4 is 5.73 Å². The molecule has 3 nitrogen and oxygen atoms in total. The average molecular weight is 293 g/mol. The van der Waals surface area contributed by atoms with E-state index in [1.54, 1.807) is 6.20 Å². The van der Waals surface area contributed by atoms with Gasteiger partial charge in [-0.25, -0.2) is 0 Å². The Morgan fingerprint density at radius 1 is 1.53 bits per heavy atom. The van der Waals surface area contributed by atoms with Crippen LogP contribution in [0.3, 0.4) is 0 Å². The molecule has 2 N–H and O–H groups in total.